The van der Waals surface area contributed by atoms with Crippen LogP contribution >= 0.6 is 47.0 Å². The van der Waals surface area contributed by atoms with Gasteiger partial charge in [-0.2, -0.15) is 52.7 Å². The molecular formula is C98H116F12N12O11S4. The third-order valence-electron chi connectivity index (χ3n) is 24.0. The van der Waals surface area contributed by atoms with E-state index in [9.17, 15) is 82.1 Å². The maximum atomic E-state index is 13.4. The van der Waals surface area contributed by atoms with E-state index in [1.807, 2.05) is 142 Å². The van der Waals surface area contributed by atoms with E-state index in [0.29, 0.717) is 88.3 Å². The van der Waals surface area contributed by atoms with Gasteiger partial charge in [0, 0.05) is 183 Å². The van der Waals surface area contributed by atoms with Crippen LogP contribution < -0.4 is 24.9 Å². The summed E-state index contributed by atoms with van der Waals surface area (Å²) in [7, 11) is 0. The monoisotopic (exact) mass is 1990 g/mol. The number of hydrogen-bond acceptors (Lipinski definition) is 25. The topological polar surface area (TPSA) is 217 Å². The first-order valence-electron chi connectivity index (χ1n) is 46.0. The maximum Gasteiger partial charge on any atom is 0.416 e. The molecule has 0 aliphatic carbocycles. The summed E-state index contributed by atoms with van der Waals surface area (Å²) in [5.74, 6) is -2.04. The smallest absolute Gasteiger partial charge is 0.416 e. The second-order valence-corrected chi connectivity index (χ2v) is 39.2. The number of aliphatic hydroxyl groups is 2. The standard InChI is InChI=1S/C25H30F3N3O3S.C25H30F3N3O2S.C23H26F3N3O3S.C20H22F3N3S.C5H8O3/c1-2-34-24(33)21(32)17-30-14-12-29(13-15-30)10-5-11-31-19-6-3-4-7-22(19)35-23-9-8-18(16-20(23)31)25(26,27)28;1-24(2,3)33-23(32)30-15-13-29(14-16-30)11-6-12-31-19-7-4-5-8-21(19)34-22-10-9-18(17-20(22)31)25(26,27)28;24-23(25,26)16-6-7-21-18(14-16)29(17-4-1-2-5-20(17)33-21)9-3-8-27-10-12-28(13-11-27)15-19(30)22(31)32;21-20(22,23)15-6-7-19-17(14-15)26(16-4-1-2-5-18(16)27-19)11-3-10-25-12-8-24-9-13-25;1-2-7-5(6)4-3-8-4/h3-4,6-9,16,21,32H,2,5,10-15,17H2,1H3;4-5,7-10,17H,6,11-16H2,1-3H3;1-2,4-7,14,19,30H,3,8-13,15H2,(H,31,32);1-2,4-7,14,24H,3,8-13H2;4H,2-3H2,1H3. The number of carboxylic acids is 1. The quantitative estimate of drug-likeness (QED) is 0.0181. The number of β-amino-alcohol motifs (C(OH)–C–C–N with tert-alkyl or cyclic N) is 2. The van der Waals surface area contributed by atoms with Crippen LogP contribution in [-0.2, 0) is 58.0 Å². The summed E-state index contributed by atoms with van der Waals surface area (Å²) in [5.41, 5.74) is 3.22. The number of halogens is 12. The van der Waals surface area contributed by atoms with E-state index in [-0.39, 0.29) is 37.9 Å². The van der Waals surface area contributed by atoms with Gasteiger partial charge in [-0.3, -0.25) is 14.7 Å². The SMILES string of the molecule is CC(C)(C)OC(=O)N1CCN(CCCN2c3ccccc3Sc3ccc(C(F)(F)F)cc32)CC1.CCOC(=O)C(O)CN1CCN(CCCN2c3ccccc3Sc3ccc(C(F)(F)F)cc32)CC1.CCOC(=O)C1CO1.FC(F)(F)c1ccc2c(c1)N(CCCN1CCNCC1)c1ccccc1S2.O=C(O)C(O)CN1CCN(CCCN2c3ccccc3Sc3ccc(C(F)(F)F)cc32)CC1. The van der Waals surface area contributed by atoms with Crippen molar-refractivity contribution in [3.63, 3.8) is 0 Å². The Bertz CT molecular complexity index is 5360. The Morgan fingerprint density at radius 3 is 0.942 bits per heavy atom. The highest BCUT2D eigenvalue weighted by atomic mass is 32.2. The first-order chi connectivity index (χ1) is 65.4. The van der Waals surface area contributed by atoms with Gasteiger partial charge >= 0.3 is 48.7 Å². The van der Waals surface area contributed by atoms with Crippen molar-refractivity contribution in [3.05, 3.63) is 192 Å². The molecule has 0 radical (unpaired) electrons. The average Bonchev–Trinajstić information content (AvgIpc) is 1.77. The van der Waals surface area contributed by atoms with Gasteiger partial charge in [-0.25, -0.2) is 19.2 Å². The third kappa shape index (κ3) is 29.5. The molecule has 0 aromatic heterocycles. The van der Waals surface area contributed by atoms with Crippen molar-refractivity contribution in [2.24, 2.45) is 0 Å². The molecular weight excluding hydrogens is 1880 g/mol. The molecule has 5 saturated heterocycles. The van der Waals surface area contributed by atoms with Crippen LogP contribution in [0.4, 0.5) is 103 Å². The summed E-state index contributed by atoms with van der Waals surface area (Å²) in [5, 5.41) is 31.7. The fraction of sp³-hybridized carbons (Fsp3) is 0.469. The number of fused-ring (bicyclic) bond motifs is 8. The van der Waals surface area contributed by atoms with Gasteiger partial charge in [0.15, 0.2) is 18.3 Å². The summed E-state index contributed by atoms with van der Waals surface area (Å²) in [6.07, 6.45) is -17.3. The van der Waals surface area contributed by atoms with Crippen LogP contribution in [0, 0.1) is 0 Å². The number of carboxylic acid groups (broad SMARTS) is 1. The molecule has 0 saturated carbocycles. The Balaban J connectivity index is 0.000000150. The number of nitrogens with zero attached hydrogens (tertiary/aromatic N) is 11. The molecule has 23 nitrogen and oxygen atoms in total. The highest BCUT2D eigenvalue weighted by Crippen LogP contribution is 2.55. The Labute approximate surface area is 807 Å². The molecule has 8 aromatic carbocycles. The van der Waals surface area contributed by atoms with Gasteiger partial charge in [0.1, 0.15) is 5.60 Å². The zero-order chi connectivity index (χ0) is 97.9. The molecule has 3 atom stereocenters. The molecule has 0 spiro atoms. The molecule has 3 unspecified atom stereocenters. The van der Waals surface area contributed by atoms with Crippen LogP contribution in [0.5, 0.6) is 0 Å². The summed E-state index contributed by atoms with van der Waals surface area (Å²) in [6, 6.07) is 47.3. The summed E-state index contributed by atoms with van der Waals surface area (Å²) < 4.78 is 180. The molecule has 1 amide bonds. The zero-order valence-electron chi connectivity index (χ0n) is 76.9. The van der Waals surface area contributed by atoms with Gasteiger partial charge in [-0.1, -0.05) is 95.6 Å². The molecule has 0 bridgehead atoms. The number of rotatable bonds is 25. The molecule has 137 heavy (non-hydrogen) atoms. The number of esters is 2. The van der Waals surface area contributed by atoms with E-state index >= 15 is 0 Å². The lowest BCUT2D eigenvalue weighted by atomic mass is 10.1. The van der Waals surface area contributed by atoms with Crippen molar-refractivity contribution < 1.29 is 106 Å². The zero-order valence-corrected chi connectivity index (χ0v) is 80.2. The number of alkyl halides is 12. The normalized spacial score (nSPS) is 17.9. The summed E-state index contributed by atoms with van der Waals surface area (Å²) in [4.78, 5) is 75.8. The number of carbonyl (C=O) groups is 4. The van der Waals surface area contributed by atoms with Crippen molar-refractivity contribution in [1.29, 1.82) is 0 Å². The number of aliphatic carboxylic acids is 1. The van der Waals surface area contributed by atoms with Crippen molar-refractivity contribution in [2.75, 3.05) is 210 Å². The molecule has 8 aromatic rings. The predicted molar refractivity (Wildman–Crippen MR) is 507 cm³/mol. The largest absolute Gasteiger partial charge is 0.479 e. The van der Waals surface area contributed by atoms with Crippen LogP contribution in [0.25, 0.3) is 0 Å². The van der Waals surface area contributed by atoms with E-state index in [0.717, 1.165) is 211 Å². The van der Waals surface area contributed by atoms with Gasteiger partial charge in [-0.05, 0) is 208 Å². The summed E-state index contributed by atoms with van der Waals surface area (Å²) >= 11 is 6.03. The van der Waals surface area contributed by atoms with Gasteiger partial charge in [0.05, 0.1) is 87.6 Å². The van der Waals surface area contributed by atoms with Crippen molar-refractivity contribution in [2.45, 2.75) is 148 Å². The number of epoxide rings is 1. The van der Waals surface area contributed by atoms with E-state index in [1.165, 1.54) is 77.4 Å². The minimum absolute atomic E-state index is 0.115. The molecule has 4 N–H and O–H groups in total. The number of nitrogens with one attached hydrogen (secondary N) is 1. The number of anilines is 8. The van der Waals surface area contributed by atoms with Gasteiger partial charge in [0.25, 0.3) is 0 Å². The predicted octanol–water partition coefficient (Wildman–Crippen LogP) is 18.8. The molecule has 39 heteroatoms. The molecule has 9 aliphatic heterocycles. The number of benzene rings is 8. The lowest BCUT2D eigenvalue weighted by Gasteiger charge is -2.37. The minimum Gasteiger partial charge on any atom is -0.479 e. The van der Waals surface area contributed by atoms with Crippen LogP contribution in [0.3, 0.4) is 0 Å². The highest BCUT2D eigenvalue weighted by Gasteiger charge is 2.40. The number of hydrogen-bond donors (Lipinski definition) is 4. The third-order valence-corrected chi connectivity index (χ3v) is 28.5. The Morgan fingerprint density at radius 2 is 0.657 bits per heavy atom. The van der Waals surface area contributed by atoms with Gasteiger partial charge in [-0.15, -0.1) is 0 Å². The fourth-order valence-electron chi connectivity index (χ4n) is 16.9. The van der Waals surface area contributed by atoms with Crippen molar-refractivity contribution in [3.8, 4) is 0 Å². The van der Waals surface area contributed by atoms with E-state index < -0.39 is 76.7 Å². The Kier molecular flexibility index (Phi) is 36.7. The average molecular weight is 1990 g/mol. The lowest BCUT2D eigenvalue weighted by molar-refractivity contribution is -0.154. The second kappa shape index (κ2) is 47.8. The molecule has 9 aliphatic rings. The van der Waals surface area contributed by atoms with Crippen LogP contribution in [0.15, 0.2) is 209 Å². The van der Waals surface area contributed by atoms with Crippen molar-refractivity contribution >= 4 is 117 Å². The van der Waals surface area contributed by atoms with Crippen LogP contribution in [0.2, 0.25) is 0 Å². The second-order valence-electron chi connectivity index (χ2n) is 34.9. The number of ether oxygens (including phenoxy) is 4. The number of piperazine rings is 4. The first kappa shape index (κ1) is 105. The maximum absolute atomic E-state index is 13.4. The number of para-hydroxylation sites is 4. The fourth-order valence-corrected chi connectivity index (χ4v) is 21.2. The number of amides is 1. The lowest BCUT2D eigenvalue weighted by Crippen LogP contribution is -2.50. The van der Waals surface area contributed by atoms with Crippen LogP contribution in [0.1, 0.15) is 82.6 Å². The van der Waals surface area contributed by atoms with Crippen LogP contribution in [-0.4, -0.2) is 288 Å². The Hall–Kier alpha value is -9.20. The highest BCUT2D eigenvalue weighted by molar-refractivity contribution is 8.00. The van der Waals surface area contributed by atoms with E-state index in [2.05, 4.69) is 39.3 Å². The van der Waals surface area contributed by atoms with E-state index in [4.69, 9.17) is 14.6 Å². The number of carbonyl (C=O) groups excluding carboxylic acids is 3. The molecule has 9 heterocycles. The Morgan fingerprint density at radius 1 is 0.380 bits per heavy atom. The molecule has 5 fully saturated rings. The number of aliphatic hydroxyl groups excluding tert-OH is 2. The molecule has 17 rings (SSSR count). The van der Waals surface area contributed by atoms with Gasteiger partial charge in [0.2, 0.25) is 0 Å². The molecule has 742 valence electrons. The minimum atomic E-state index is -4.39. The first-order valence-corrected chi connectivity index (χ1v) is 49.2. The van der Waals surface area contributed by atoms with Crippen molar-refractivity contribution in [1.82, 2.24) is 39.6 Å². The van der Waals surface area contributed by atoms with Gasteiger partial charge < -0.3 is 78.8 Å². The summed E-state index contributed by atoms with van der Waals surface area (Å²) in [6.45, 7) is 29.2. The van der Waals surface area contributed by atoms with E-state index in [1.54, 1.807) is 43.0 Å².